The van der Waals surface area contributed by atoms with Gasteiger partial charge in [0, 0.05) is 10.2 Å². The fraction of sp³-hybridized carbons (Fsp3) is 0.300. The predicted octanol–water partition coefficient (Wildman–Crippen LogP) is 3.08. The van der Waals surface area contributed by atoms with Crippen molar-refractivity contribution in [2.45, 2.75) is 19.9 Å². The molecule has 0 bridgehead atoms. The minimum Gasteiger partial charge on any atom is -0.370 e. The smallest absolute Gasteiger partial charge is 0.111 e. The number of nitrogens with zero attached hydrogens (tertiary/aromatic N) is 1. The molecule has 1 aromatic carbocycles. The zero-order chi connectivity index (χ0) is 9.84. The van der Waals surface area contributed by atoms with Gasteiger partial charge >= 0.3 is 0 Å². The molecule has 0 aliphatic carbocycles. The van der Waals surface area contributed by atoms with Crippen molar-refractivity contribution in [3.8, 4) is 6.07 Å². The molecule has 0 aliphatic heterocycles. The summed E-state index contributed by atoms with van der Waals surface area (Å²) in [6.07, 6.45) is 0. The molecule has 0 saturated heterocycles. The van der Waals surface area contributed by atoms with Gasteiger partial charge in [-0.05, 0) is 31.5 Å². The number of hydrogen-bond donors (Lipinski definition) is 1. The first-order valence-corrected chi connectivity index (χ1v) is 4.85. The number of benzene rings is 1. The standard InChI is InChI=1S/C10H11BrN2/c1-7(6-12)13-10-5-3-4-9(11)8(10)2/h3-5,7,13H,1-2H3. The molecule has 0 radical (unpaired) electrons. The molecular weight excluding hydrogens is 228 g/mol. The molecular formula is C10H11BrN2. The first kappa shape index (κ1) is 10.1. The molecule has 0 fully saturated rings. The van der Waals surface area contributed by atoms with Gasteiger partial charge in [0.25, 0.3) is 0 Å². The largest absolute Gasteiger partial charge is 0.370 e. The van der Waals surface area contributed by atoms with Crippen LogP contribution >= 0.6 is 15.9 Å². The van der Waals surface area contributed by atoms with Gasteiger partial charge in [-0.15, -0.1) is 0 Å². The van der Waals surface area contributed by atoms with Crippen molar-refractivity contribution in [2.75, 3.05) is 5.32 Å². The lowest BCUT2D eigenvalue weighted by molar-refractivity contribution is 1.01. The first-order chi connectivity index (χ1) is 6.15. The van der Waals surface area contributed by atoms with E-state index in [0.29, 0.717) is 0 Å². The van der Waals surface area contributed by atoms with Gasteiger partial charge in [0.2, 0.25) is 0 Å². The van der Waals surface area contributed by atoms with Gasteiger partial charge in [0.1, 0.15) is 6.04 Å². The normalized spacial score (nSPS) is 11.8. The predicted molar refractivity (Wildman–Crippen MR) is 57.6 cm³/mol. The monoisotopic (exact) mass is 238 g/mol. The molecule has 1 unspecified atom stereocenters. The molecule has 1 aromatic rings. The quantitative estimate of drug-likeness (QED) is 0.860. The molecule has 0 spiro atoms. The maximum absolute atomic E-state index is 8.63. The summed E-state index contributed by atoms with van der Waals surface area (Å²) in [5.41, 5.74) is 2.13. The zero-order valence-corrected chi connectivity index (χ0v) is 9.22. The fourth-order valence-electron chi connectivity index (χ4n) is 1.03. The maximum atomic E-state index is 8.63. The minimum atomic E-state index is -0.159. The average Bonchev–Trinajstić information content (AvgIpc) is 2.13. The van der Waals surface area contributed by atoms with Crippen LogP contribution < -0.4 is 5.32 Å². The van der Waals surface area contributed by atoms with Gasteiger partial charge in [0.15, 0.2) is 0 Å². The molecule has 0 amide bonds. The van der Waals surface area contributed by atoms with Gasteiger partial charge in [0.05, 0.1) is 6.07 Å². The van der Waals surface area contributed by atoms with Gasteiger partial charge < -0.3 is 5.32 Å². The maximum Gasteiger partial charge on any atom is 0.111 e. The van der Waals surface area contributed by atoms with Crippen LogP contribution in [0.2, 0.25) is 0 Å². The molecule has 0 aliphatic rings. The van der Waals surface area contributed by atoms with E-state index >= 15 is 0 Å². The van der Waals surface area contributed by atoms with Crippen LogP contribution in [0, 0.1) is 18.3 Å². The number of nitrogens with one attached hydrogen (secondary N) is 1. The summed E-state index contributed by atoms with van der Waals surface area (Å²) in [6, 6.07) is 7.87. The van der Waals surface area contributed by atoms with E-state index in [2.05, 4.69) is 27.3 Å². The highest BCUT2D eigenvalue weighted by Gasteiger charge is 2.03. The number of halogens is 1. The molecule has 1 atom stereocenters. The van der Waals surface area contributed by atoms with Crippen molar-refractivity contribution < 1.29 is 0 Å². The Bertz CT molecular complexity index is 341. The Labute approximate surface area is 86.7 Å². The van der Waals surface area contributed by atoms with Crippen LogP contribution in [0.15, 0.2) is 22.7 Å². The highest BCUT2D eigenvalue weighted by Crippen LogP contribution is 2.23. The highest BCUT2D eigenvalue weighted by atomic mass is 79.9. The molecule has 1 rings (SSSR count). The minimum absolute atomic E-state index is 0.159. The van der Waals surface area contributed by atoms with Crippen molar-refractivity contribution in [3.05, 3.63) is 28.2 Å². The molecule has 68 valence electrons. The van der Waals surface area contributed by atoms with Crippen molar-refractivity contribution >= 4 is 21.6 Å². The topological polar surface area (TPSA) is 35.8 Å². The van der Waals surface area contributed by atoms with E-state index in [1.807, 2.05) is 32.0 Å². The fourth-order valence-corrected chi connectivity index (χ4v) is 1.40. The molecule has 2 nitrogen and oxygen atoms in total. The SMILES string of the molecule is Cc1c(Br)cccc1NC(C)C#N. The van der Waals surface area contributed by atoms with Crippen LogP contribution in [0.3, 0.4) is 0 Å². The van der Waals surface area contributed by atoms with Crippen LogP contribution in [0.25, 0.3) is 0 Å². The molecule has 0 heterocycles. The van der Waals surface area contributed by atoms with Gasteiger partial charge in [-0.2, -0.15) is 5.26 Å². The third kappa shape index (κ3) is 2.46. The second kappa shape index (κ2) is 4.29. The van der Waals surface area contributed by atoms with E-state index in [-0.39, 0.29) is 6.04 Å². The third-order valence-corrected chi connectivity index (χ3v) is 2.69. The Morgan fingerprint density at radius 1 is 1.54 bits per heavy atom. The zero-order valence-electron chi connectivity index (χ0n) is 7.63. The molecule has 0 aromatic heterocycles. The molecule has 1 N–H and O–H groups in total. The van der Waals surface area contributed by atoms with Crippen LogP contribution in [0.5, 0.6) is 0 Å². The first-order valence-electron chi connectivity index (χ1n) is 4.06. The van der Waals surface area contributed by atoms with Crippen molar-refractivity contribution in [3.63, 3.8) is 0 Å². The summed E-state index contributed by atoms with van der Waals surface area (Å²) in [5.74, 6) is 0. The van der Waals surface area contributed by atoms with Crippen LogP contribution in [-0.2, 0) is 0 Å². The Kier molecular flexibility index (Phi) is 3.32. The van der Waals surface area contributed by atoms with E-state index in [1.165, 1.54) is 0 Å². The van der Waals surface area contributed by atoms with Crippen molar-refractivity contribution in [1.82, 2.24) is 0 Å². The summed E-state index contributed by atoms with van der Waals surface area (Å²) in [5, 5.41) is 11.7. The van der Waals surface area contributed by atoms with E-state index in [4.69, 9.17) is 5.26 Å². The molecule has 13 heavy (non-hydrogen) atoms. The van der Waals surface area contributed by atoms with Crippen LogP contribution in [0.4, 0.5) is 5.69 Å². The number of hydrogen-bond acceptors (Lipinski definition) is 2. The van der Waals surface area contributed by atoms with Gasteiger partial charge in [-0.3, -0.25) is 0 Å². The van der Waals surface area contributed by atoms with Crippen molar-refractivity contribution in [1.29, 1.82) is 5.26 Å². The Morgan fingerprint density at radius 2 is 2.23 bits per heavy atom. The molecule has 3 heteroatoms. The Morgan fingerprint density at radius 3 is 2.85 bits per heavy atom. The van der Waals surface area contributed by atoms with Crippen LogP contribution in [-0.4, -0.2) is 6.04 Å². The van der Waals surface area contributed by atoms with E-state index in [0.717, 1.165) is 15.7 Å². The summed E-state index contributed by atoms with van der Waals surface area (Å²) in [4.78, 5) is 0. The Hall–Kier alpha value is -1.01. The summed E-state index contributed by atoms with van der Waals surface area (Å²) in [7, 11) is 0. The van der Waals surface area contributed by atoms with Crippen LogP contribution in [0.1, 0.15) is 12.5 Å². The number of nitriles is 1. The van der Waals surface area contributed by atoms with Gasteiger partial charge in [-0.25, -0.2) is 0 Å². The second-order valence-electron chi connectivity index (χ2n) is 2.91. The average molecular weight is 239 g/mol. The van der Waals surface area contributed by atoms with E-state index < -0.39 is 0 Å². The lowest BCUT2D eigenvalue weighted by atomic mass is 10.2. The van der Waals surface area contributed by atoms with Gasteiger partial charge in [-0.1, -0.05) is 22.0 Å². The highest BCUT2D eigenvalue weighted by molar-refractivity contribution is 9.10. The van der Waals surface area contributed by atoms with E-state index in [1.54, 1.807) is 0 Å². The van der Waals surface area contributed by atoms with E-state index in [9.17, 15) is 0 Å². The molecule has 0 saturated carbocycles. The van der Waals surface area contributed by atoms with Crippen molar-refractivity contribution in [2.24, 2.45) is 0 Å². The second-order valence-corrected chi connectivity index (χ2v) is 3.76. The summed E-state index contributed by atoms with van der Waals surface area (Å²) < 4.78 is 1.06. The Balaban J connectivity index is 2.90. The number of anilines is 1. The lowest BCUT2D eigenvalue weighted by Gasteiger charge is -2.11. The summed E-state index contributed by atoms with van der Waals surface area (Å²) in [6.45, 7) is 3.84. The lowest BCUT2D eigenvalue weighted by Crippen LogP contribution is -2.12. The third-order valence-electron chi connectivity index (χ3n) is 1.83. The number of rotatable bonds is 2. The summed E-state index contributed by atoms with van der Waals surface area (Å²) >= 11 is 3.43.